The van der Waals surface area contributed by atoms with Gasteiger partial charge in [-0.15, -0.1) is 0 Å². The molecule has 0 fully saturated rings. The number of rotatable bonds is 7. The summed E-state index contributed by atoms with van der Waals surface area (Å²) in [5.74, 6) is -0.192. The Morgan fingerprint density at radius 3 is 2.94 bits per heavy atom. The molecule has 0 saturated heterocycles. The van der Waals surface area contributed by atoms with Crippen LogP contribution < -0.4 is 5.32 Å². The van der Waals surface area contributed by atoms with Gasteiger partial charge in [0.25, 0.3) is 5.91 Å². The highest BCUT2D eigenvalue weighted by Gasteiger charge is 2.05. The molecule has 1 amide bonds. The van der Waals surface area contributed by atoms with E-state index in [9.17, 15) is 4.79 Å². The van der Waals surface area contributed by atoms with Crippen molar-refractivity contribution in [2.75, 3.05) is 25.1 Å². The lowest BCUT2D eigenvalue weighted by molar-refractivity contribution is 0.0940. The minimum absolute atomic E-state index is 0.192. The van der Waals surface area contributed by atoms with Crippen molar-refractivity contribution >= 4 is 33.4 Å². The summed E-state index contributed by atoms with van der Waals surface area (Å²) >= 11 is 8.94. The van der Waals surface area contributed by atoms with Crippen LogP contribution in [-0.2, 0) is 4.74 Å². The topological polar surface area (TPSA) is 51.2 Å². The Morgan fingerprint density at radius 1 is 1.47 bits per heavy atom. The number of alkyl halides is 1. The number of aromatic nitrogens is 1. The molecule has 0 saturated carbocycles. The summed E-state index contributed by atoms with van der Waals surface area (Å²) in [4.78, 5) is 15.5. The molecule has 6 heteroatoms. The van der Waals surface area contributed by atoms with Gasteiger partial charge in [0.15, 0.2) is 0 Å². The summed E-state index contributed by atoms with van der Waals surface area (Å²) < 4.78 is 5.25. The van der Waals surface area contributed by atoms with E-state index in [4.69, 9.17) is 16.3 Å². The number of nitrogens with one attached hydrogen (secondary N) is 1. The van der Waals surface area contributed by atoms with Crippen molar-refractivity contribution in [3.8, 4) is 0 Å². The van der Waals surface area contributed by atoms with Gasteiger partial charge >= 0.3 is 0 Å². The van der Waals surface area contributed by atoms with Gasteiger partial charge in [0.05, 0.1) is 11.6 Å². The molecule has 0 radical (unpaired) electrons. The molecule has 1 rings (SSSR count). The Labute approximate surface area is 114 Å². The molecule has 0 aliphatic carbocycles. The van der Waals surface area contributed by atoms with Crippen molar-refractivity contribution in [3.63, 3.8) is 0 Å². The number of hydrogen-bond donors (Lipinski definition) is 1. The molecule has 4 nitrogen and oxygen atoms in total. The van der Waals surface area contributed by atoms with Crippen LogP contribution in [0.2, 0.25) is 5.02 Å². The van der Waals surface area contributed by atoms with Crippen LogP contribution in [0.3, 0.4) is 0 Å². The van der Waals surface area contributed by atoms with Crippen LogP contribution in [0.15, 0.2) is 18.3 Å². The monoisotopic (exact) mass is 320 g/mol. The summed E-state index contributed by atoms with van der Waals surface area (Å²) in [6.45, 7) is 1.90. The second-order valence-corrected chi connectivity index (χ2v) is 4.50. The number of carbonyl (C=O) groups is 1. The molecule has 1 N–H and O–H groups in total. The van der Waals surface area contributed by atoms with E-state index in [0.717, 1.165) is 11.8 Å². The summed E-state index contributed by atoms with van der Waals surface area (Å²) in [5, 5.41) is 4.10. The number of carbonyl (C=O) groups excluding carboxylic acids is 1. The van der Waals surface area contributed by atoms with Gasteiger partial charge in [-0.3, -0.25) is 4.79 Å². The molecule has 0 bridgehead atoms. The highest BCUT2D eigenvalue weighted by atomic mass is 79.9. The Hall–Kier alpha value is -0.650. The number of pyridine rings is 1. The van der Waals surface area contributed by atoms with E-state index >= 15 is 0 Å². The smallest absolute Gasteiger partial charge is 0.269 e. The van der Waals surface area contributed by atoms with Crippen LogP contribution in [0.1, 0.15) is 16.9 Å². The molecular formula is C11H14BrClN2O2. The molecular weight excluding hydrogens is 307 g/mol. The van der Waals surface area contributed by atoms with Gasteiger partial charge in [-0.05, 0) is 18.6 Å². The van der Waals surface area contributed by atoms with E-state index in [-0.39, 0.29) is 5.91 Å². The molecule has 0 aliphatic heterocycles. The van der Waals surface area contributed by atoms with Gasteiger partial charge in [-0.2, -0.15) is 0 Å². The van der Waals surface area contributed by atoms with Gasteiger partial charge in [0, 0.05) is 24.7 Å². The normalized spacial score (nSPS) is 10.2. The van der Waals surface area contributed by atoms with E-state index in [1.165, 1.54) is 6.20 Å². The summed E-state index contributed by atoms with van der Waals surface area (Å²) in [7, 11) is 0. The first-order valence-corrected chi connectivity index (χ1v) is 6.77. The molecule has 17 heavy (non-hydrogen) atoms. The first-order chi connectivity index (χ1) is 8.24. The van der Waals surface area contributed by atoms with Crippen molar-refractivity contribution < 1.29 is 9.53 Å². The summed E-state index contributed by atoms with van der Waals surface area (Å²) in [6, 6.07) is 3.24. The Kier molecular flexibility index (Phi) is 7.16. The molecule has 0 aliphatic rings. The van der Waals surface area contributed by atoms with Crippen LogP contribution in [0.4, 0.5) is 0 Å². The van der Waals surface area contributed by atoms with E-state index in [0.29, 0.717) is 30.5 Å². The van der Waals surface area contributed by atoms with Crippen LogP contribution in [-0.4, -0.2) is 36.0 Å². The zero-order chi connectivity index (χ0) is 12.5. The third kappa shape index (κ3) is 6.00. The molecule has 1 aromatic heterocycles. The lowest BCUT2D eigenvalue weighted by Crippen LogP contribution is -2.26. The van der Waals surface area contributed by atoms with Gasteiger partial charge in [-0.25, -0.2) is 4.98 Å². The molecule has 0 aromatic carbocycles. The van der Waals surface area contributed by atoms with Crippen LogP contribution in [0.25, 0.3) is 0 Å². The Bertz CT molecular complexity index is 346. The number of amides is 1. The van der Waals surface area contributed by atoms with E-state index in [1.807, 2.05) is 0 Å². The van der Waals surface area contributed by atoms with Gasteiger partial charge in [0.1, 0.15) is 5.69 Å². The molecule has 94 valence electrons. The fourth-order valence-corrected chi connectivity index (χ4v) is 1.47. The third-order valence-corrected chi connectivity index (χ3v) is 2.48. The lowest BCUT2D eigenvalue weighted by Gasteiger charge is -2.05. The maximum atomic E-state index is 11.6. The van der Waals surface area contributed by atoms with E-state index in [1.54, 1.807) is 12.1 Å². The fraction of sp³-hybridized carbons (Fsp3) is 0.455. The first-order valence-electron chi connectivity index (χ1n) is 5.27. The van der Waals surface area contributed by atoms with Crippen molar-refractivity contribution in [3.05, 3.63) is 29.0 Å². The highest BCUT2D eigenvalue weighted by Crippen LogP contribution is 2.05. The molecule has 0 unspecified atom stereocenters. The highest BCUT2D eigenvalue weighted by molar-refractivity contribution is 9.09. The minimum atomic E-state index is -0.192. The minimum Gasteiger partial charge on any atom is -0.381 e. The second kappa shape index (κ2) is 8.44. The zero-order valence-electron chi connectivity index (χ0n) is 9.29. The predicted octanol–water partition coefficient (Wildman–Crippen LogP) is 2.27. The van der Waals surface area contributed by atoms with Crippen LogP contribution >= 0.6 is 27.5 Å². The van der Waals surface area contributed by atoms with Crippen LogP contribution in [0.5, 0.6) is 0 Å². The molecule has 1 heterocycles. The van der Waals surface area contributed by atoms with Crippen LogP contribution in [0, 0.1) is 0 Å². The predicted molar refractivity (Wildman–Crippen MR) is 70.8 cm³/mol. The van der Waals surface area contributed by atoms with Crippen molar-refractivity contribution in [1.82, 2.24) is 10.3 Å². The van der Waals surface area contributed by atoms with Crippen molar-refractivity contribution in [2.45, 2.75) is 6.42 Å². The standard InChI is InChI=1S/C11H14BrClN2O2/c12-4-7-17-6-1-5-14-11(16)10-3-2-9(13)8-15-10/h2-3,8H,1,4-7H2,(H,14,16). The molecule has 1 aromatic rings. The maximum absolute atomic E-state index is 11.6. The third-order valence-electron chi connectivity index (χ3n) is 1.93. The fourth-order valence-electron chi connectivity index (χ4n) is 1.13. The van der Waals surface area contributed by atoms with Crippen molar-refractivity contribution in [2.24, 2.45) is 0 Å². The molecule has 0 spiro atoms. The summed E-state index contributed by atoms with van der Waals surface area (Å²) in [5.41, 5.74) is 0.371. The number of ether oxygens (including phenoxy) is 1. The Morgan fingerprint density at radius 2 is 2.29 bits per heavy atom. The van der Waals surface area contributed by atoms with Gasteiger partial charge in [-0.1, -0.05) is 27.5 Å². The average molecular weight is 322 g/mol. The number of hydrogen-bond acceptors (Lipinski definition) is 3. The largest absolute Gasteiger partial charge is 0.381 e. The van der Waals surface area contributed by atoms with Gasteiger partial charge < -0.3 is 10.1 Å². The van der Waals surface area contributed by atoms with E-state index < -0.39 is 0 Å². The molecule has 0 atom stereocenters. The second-order valence-electron chi connectivity index (χ2n) is 3.27. The number of halogens is 2. The Balaban J connectivity index is 2.19. The SMILES string of the molecule is O=C(NCCCOCCBr)c1ccc(Cl)cn1. The maximum Gasteiger partial charge on any atom is 0.269 e. The quantitative estimate of drug-likeness (QED) is 0.619. The van der Waals surface area contributed by atoms with Crippen molar-refractivity contribution in [1.29, 1.82) is 0 Å². The average Bonchev–Trinajstić information content (AvgIpc) is 2.34. The lowest BCUT2D eigenvalue weighted by atomic mass is 10.3. The summed E-state index contributed by atoms with van der Waals surface area (Å²) in [6.07, 6.45) is 2.24. The van der Waals surface area contributed by atoms with E-state index in [2.05, 4.69) is 26.2 Å². The first kappa shape index (κ1) is 14.4. The number of nitrogens with zero attached hydrogens (tertiary/aromatic N) is 1. The zero-order valence-corrected chi connectivity index (χ0v) is 11.6. The van der Waals surface area contributed by atoms with Gasteiger partial charge in [0.2, 0.25) is 0 Å².